The fourth-order valence-corrected chi connectivity index (χ4v) is 1.77. The van der Waals surface area contributed by atoms with E-state index in [1.807, 2.05) is 6.92 Å². The zero-order chi connectivity index (χ0) is 12.6. The molecule has 0 aliphatic carbocycles. The van der Waals surface area contributed by atoms with E-state index in [9.17, 15) is 9.59 Å². The summed E-state index contributed by atoms with van der Waals surface area (Å²) in [6, 6.07) is 0. The van der Waals surface area contributed by atoms with Crippen molar-refractivity contribution in [3.63, 3.8) is 0 Å². The van der Waals surface area contributed by atoms with Gasteiger partial charge in [0.15, 0.2) is 11.2 Å². The van der Waals surface area contributed by atoms with Gasteiger partial charge in [0.05, 0.1) is 6.33 Å². The van der Waals surface area contributed by atoms with Crippen LogP contribution < -0.4 is 11.2 Å². The molecule has 0 fully saturated rings. The fraction of sp³-hybridized carbons (Fsp3) is 0.364. The standard InChI is InChI=1S/C11H14N4O2/c1-4-5-6-15-10(16)8-9(12-7-13(8)2)14(3)11(15)17/h4-5,7H,6H2,1-3H3/b5-4-. The minimum absolute atomic E-state index is 0.281. The van der Waals surface area contributed by atoms with Crippen LogP contribution in [0.2, 0.25) is 0 Å². The smallest absolute Gasteiger partial charge is 0.328 e. The van der Waals surface area contributed by atoms with Gasteiger partial charge >= 0.3 is 5.69 Å². The van der Waals surface area contributed by atoms with Crippen LogP contribution >= 0.6 is 0 Å². The minimum atomic E-state index is -0.348. The van der Waals surface area contributed by atoms with Gasteiger partial charge in [0.25, 0.3) is 5.56 Å². The van der Waals surface area contributed by atoms with Crippen LogP contribution in [0.5, 0.6) is 0 Å². The molecule has 0 atom stereocenters. The van der Waals surface area contributed by atoms with Gasteiger partial charge < -0.3 is 4.57 Å². The number of rotatable bonds is 2. The average molecular weight is 234 g/mol. The lowest BCUT2D eigenvalue weighted by Gasteiger charge is -2.06. The predicted octanol–water partition coefficient (Wildman–Crippen LogP) is 0.00980. The van der Waals surface area contributed by atoms with Gasteiger partial charge in [-0.3, -0.25) is 13.9 Å². The lowest BCUT2D eigenvalue weighted by Crippen LogP contribution is -2.39. The number of nitrogens with zero attached hydrogens (tertiary/aromatic N) is 4. The van der Waals surface area contributed by atoms with Crippen molar-refractivity contribution in [3.05, 3.63) is 39.3 Å². The van der Waals surface area contributed by atoms with Crippen LogP contribution in [-0.4, -0.2) is 18.7 Å². The molecule has 2 aromatic heterocycles. The SMILES string of the molecule is C/C=C\Cn1c(=O)c2c(ncn2C)n(C)c1=O. The van der Waals surface area contributed by atoms with Gasteiger partial charge in [0.1, 0.15) is 0 Å². The lowest BCUT2D eigenvalue weighted by molar-refractivity contribution is 0.664. The molecule has 0 unspecified atom stereocenters. The van der Waals surface area contributed by atoms with Crippen molar-refractivity contribution in [3.8, 4) is 0 Å². The first kappa shape index (κ1) is 11.4. The van der Waals surface area contributed by atoms with E-state index >= 15 is 0 Å². The summed E-state index contributed by atoms with van der Waals surface area (Å²) in [5.41, 5.74) is 0.205. The third kappa shape index (κ3) is 1.61. The van der Waals surface area contributed by atoms with Crippen LogP contribution in [0.4, 0.5) is 0 Å². The maximum Gasteiger partial charge on any atom is 0.332 e. The fourth-order valence-electron chi connectivity index (χ4n) is 1.77. The molecule has 0 amide bonds. The summed E-state index contributed by atoms with van der Waals surface area (Å²) in [5, 5.41) is 0. The van der Waals surface area contributed by atoms with Gasteiger partial charge in [-0.1, -0.05) is 12.2 Å². The highest BCUT2D eigenvalue weighted by Crippen LogP contribution is 2.02. The summed E-state index contributed by atoms with van der Waals surface area (Å²) >= 11 is 0. The number of imidazole rings is 1. The average Bonchev–Trinajstić information content (AvgIpc) is 2.69. The van der Waals surface area contributed by atoms with E-state index in [1.165, 1.54) is 15.5 Å². The maximum atomic E-state index is 12.1. The molecule has 0 bridgehead atoms. The van der Waals surface area contributed by atoms with E-state index in [1.54, 1.807) is 30.8 Å². The van der Waals surface area contributed by atoms with Gasteiger partial charge in [-0.2, -0.15) is 0 Å². The monoisotopic (exact) mass is 234 g/mol. The van der Waals surface area contributed by atoms with E-state index in [0.717, 1.165) is 0 Å². The quantitative estimate of drug-likeness (QED) is 0.688. The van der Waals surface area contributed by atoms with E-state index < -0.39 is 0 Å². The third-order valence-corrected chi connectivity index (χ3v) is 2.72. The Labute approximate surface area is 97.4 Å². The summed E-state index contributed by atoms with van der Waals surface area (Å²) < 4.78 is 4.22. The molecule has 0 N–H and O–H groups in total. The number of hydrogen-bond donors (Lipinski definition) is 0. The normalized spacial score (nSPS) is 11.7. The first-order chi connectivity index (χ1) is 8.07. The molecule has 6 nitrogen and oxygen atoms in total. The van der Waals surface area contributed by atoms with Crippen molar-refractivity contribution in [1.29, 1.82) is 0 Å². The Morgan fingerprint density at radius 3 is 2.71 bits per heavy atom. The molecule has 0 aliphatic rings. The Hall–Kier alpha value is -2.11. The number of fused-ring (bicyclic) bond motifs is 1. The number of allylic oxidation sites excluding steroid dienone is 2. The second-order valence-corrected chi connectivity index (χ2v) is 3.85. The molecule has 6 heteroatoms. The second kappa shape index (κ2) is 4.04. The molecule has 2 heterocycles. The highest BCUT2D eigenvalue weighted by molar-refractivity contribution is 5.69. The zero-order valence-electron chi connectivity index (χ0n) is 10.0. The molecule has 0 saturated carbocycles. The number of hydrogen-bond acceptors (Lipinski definition) is 3. The topological polar surface area (TPSA) is 61.8 Å². The first-order valence-corrected chi connectivity index (χ1v) is 5.30. The minimum Gasteiger partial charge on any atom is -0.328 e. The molecule has 2 aromatic rings. The van der Waals surface area contributed by atoms with Gasteiger partial charge in [-0.05, 0) is 6.92 Å². The summed E-state index contributed by atoms with van der Waals surface area (Å²) in [6.45, 7) is 2.13. The van der Waals surface area contributed by atoms with Gasteiger partial charge in [-0.15, -0.1) is 0 Å². The number of aromatic nitrogens is 4. The van der Waals surface area contributed by atoms with Crippen molar-refractivity contribution >= 4 is 11.2 Å². The molecule has 2 rings (SSSR count). The van der Waals surface area contributed by atoms with Crippen molar-refractivity contribution in [2.45, 2.75) is 13.5 Å². The Morgan fingerprint density at radius 1 is 1.35 bits per heavy atom. The molecule has 0 aliphatic heterocycles. The largest absolute Gasteiger partial charge is 0.332 e. The van der Waals surface area contributed by atoms with E-state index in [4.69, 9.17) is 0 Å². The van der Waals surface area contributed by atoms with E-state index in [0.29, 0.717) is 11.2 Å². The van der Waals surface area contributed by atoms with Crippen molar-refractivity contribution in [1.82, 2.24) is 18.7 Å². The molecule has 0 aromatic carbocycles. The highest BCUT2D eigenvalue weighted by Gasteiger charge is 2.13. The predicted molar refractivity (Wildman–Crippen MR) is 65.0 cm³/mol. The molecular weight excluding hydrogens is 220 g/mol. The Balaban J connectivity index is 2.89. The Kier molecular flexibility index (Phi) is 2.71. The summed E-state index contributed by atoms with van der Waals surface area (Å²) in [6.07, 6.45) is 5.11. The van der Waals surface area contributed by atoms with Crippen LogP contribution in [0.25, 0.3) is 11.2 Å². The van der Waals surface area contributed by atoms with Gasteiger partial charge in [-0.25, -0.2) is 9.78 Å². The van der Waals surface area contributed by atoms with Crippen LogP contribution in [0.1, 0.15) is 6.92 Å². The Morgan fingerprint density at radius 2 is 2.06 bits per heavy atom. The second-order valence-electron chi connectivity index (χ2n) is 3.85. The van der Waals surface area contributed by atoms with E-state index in [-0.39, 0.29) is 17.8 Å². The van der Waals surface area contributed by atoms with Crippen molar-refractivity contribution in [2.75, 3.05) is 0 Å². The van der Waals surface area contributed by atoms with Crippen LogP contribution in [0, 0.1) is 0 Å². The van der Waals surface area contributed by atoms with Crippen LogP contribution in [0.15, 0.2) is 28.1 Å². The van der Waals surface area contributed by atoms with E-state index in [2.05, 4.69) is 4.98 Å². The van der Waals surface area contributed by atoms with Gasteiger partial charge in [0.2, 0.25) is 0 Å². The molecule has 0 radical (unpaired) electrons. The van der Waals surface area contributed by atoms with Crippen molar-refractivity contribution in [2.24, 2.45) is 14.1 Å². The lowest BCUT2D eigenvalue weighted by atomic mass is 10.4. The molecule has 90 valence electrons. The van der Waals surface area contributed by atoms with Crippen LogP contribution in [0.3, 0.4) is 0 Å². The molecule has 0 saturated heterocycles. The highest BCUT2D eigenvalue weighted by atomic mass is 16.2. The number of aryl methyl sites for hydroxylation is 2. The van der Waals surface area contributed by atoms with Gasteiger partial charge in [0, 0.05) is 20.6 Å². The van der Waals surface area contributed by atoms with Crippen molar-refractivity contribution < 1.29 is 0 Å². The summed E-state index contributed by atoms with van der Waals surface area (Å²) in [5.74, 6) is 0. The molecule has 0 spiro atoms. The molecule has 17 heavy (non-hydrogen) atoms. The zero-order valence-corrected chi connectivity index (χ0v) is 10.0. The summed E-state index contributed by atoms with van der Waals surface area (Å²) in [7, 11) is 3.35. The first-order valence-electron chi connectivity index (χ1n) is 5.30. The maximum absolute atomic E-state index is 12.1. The van der Waals surface area contributed by atoms with Crippen LogP contribution in [-0.2, 0) is 20.6 Å². The third-order valence-electron chi connectivity index (χ3n) is 2.72. The molecular formula is C11H14N4O2. The summed E-state index contributed by atoms with van der Waals surface area (Å²) in [4.78, 5) is 28.2. The Bertz CT molecular complexity index is 703.